The van der Waals surface area contributed by atoms with Crippen LogP contribution in [0.5, 0.6) is 17.2 Å². The van der Waals surface area contributed by atoms with E-state index in [9.17, 15) is 15.0 Å². The van der Waals surface area contributed by atoms with Crippen molar-refractivity contribution in [2.75, 3.05) is 26.2 Å². The van der Waals surface area contributed by atoms with Crippen LogP contribution in [0.25, 0.3) is 11.1 Å². The number of hydrogen-bond donors (Lipinski definition) is 2. The number of nitrogens with zero attached hydrogens (tertiary/aromatic N) is 1. The average Bonchev–Trinajstić information content (AvgIpc) is 2.91. The Balaban J connectivity index is 1.35. The second kappa shape index (κ2) is 11.0. The monoisotopic (exact) mass is 483 g/mol. The molecule has 186 valence electrons. The lowest BCUT2D eigenvalue weighted by molar-refractivity contribution is 0.105. The fourth-order valence-corrected chi connectivity index (χ4v) is 5.33. The summed E-state index contributed by atoms with van der Waals surface area (Å²) in [5.41, 5.74) is 4.75. The number of rotatable bonds is 8. The van der Waals surface area contributed by atoms with Crippen molar-refractivity contribution in [2.24, 2.45) is 0 Å². The molecule has 0 bridgehead atoms. The number of phenols is 2. The molecular weight excluding hydrogens is 450 g/mol. The molecule has 36 heavy (non-hydrogen) atoms. The van der Waals surface area contributed by atoms with Crippen molar-refractivity contribution in [3.63, 3.8) is 0 Å². The molecule has 0 spiro atoms. The molecule has 2 aliphatic rings. The SMILES string of the molecule is O=C(C1=C(c2cccc(O)c2)CCc2cc(O)ccc21)c1ccc(OCCCN2CCCCC2)cc1. The maximum absolute atomic E-state index is 13.8. The van der Waals surface area contributed by atoms with Crippen molar-refractivity contribution in [1.29, 1.82) is 0 Å². The van der Waals surface area contributed by atoms with Gasteiger partial charge in [0.1, 0.15) is 17.2 Å². The maximum Gasteiger partial charge on any atom is 0.193 e. The second-order valence-electron chi connectivity index (χ2n) is 9.70. The Morgan fingerprint density at radius 2 is 1.64 bits per heavy atom. The molecule has 0 saturated carbocycles. The number of carbonyl (C=O) groups excluding carboxylic acids is 1. The number of aromatic hydroxyl groups is 2. The Hall–Kier alpha value is -3.57. The zero-order chi connectivity index (χ0) is 24.9. The number of ketones is 1. The number of ether oxygens (including phenoxy) is 1. The fraction of sp³-hybridized carbons (Fsp3) is 0.323. The van der Waals surface area contributed by atoms with Crippen molar-refractivity contribution < 1.29 is 19.7 Å². The topological polar surface area (TPSA) is 70.0 Å². The number of Topliss-reactive ketones (excluding diaryl/α,β-unsaturated/α-hetero) is 1. The molecule has 1 aliphatic heterocycles. The van der Waals surface area contributed by atoms with Crippen LogP contribution in [-0.2, 0) is 6.42 Å². The van der Waals surface area contributed by atoms with Gasteiger partial charge in [-0.3, -0.25) is 4.79 Å². The van der Waals surface area contributed by atoms with E-state index in [0.717, 1.165) is 47.4 Å². The van der Waals surface area contributed by atoms with Crippen molar-refractivity contribution in [2.45, 2.75) is 38.5 Å². The van der Waals surface area contributed by atoms with E-state index in [1.54, 1.807) is 30.3 Å². The number of fused-ring (bicyclic) bond motifs is 1. The summed E-state index contributed by atoms with van der Waals surface area (Å²) in [6.45, 7) is 4.12. The van der Waals surface area contributed by atoms with Gasteiger partial charge in [0.15, 0.2) is 5.78 Å². The molecule has 0 amide bonds. The van der Waals surface area contributed by atoms with Crippen molar-refractivity contribution in [3.8, 4) is 17.2 Å². The van der Waals surface area contributed by atoms with Crippen LogP contribution in [0.4, 0.5) is 0 Å². The van der Waals surface area contributed by atoms with Gasteiger partial charge in [-0.15, -0.1) is 0 Å². The zero-order valence-corrected chi connectivity index (χ0v) is 20.6. The number of benzene rings is 3. The van der Waals surface area contributed by atoms with Crippen LogP contribution in [0.3, 0.4) is 0 Å². The number of phenolic OH excluding ortho intramolecular Hbond substituents is 2. The first-order valence-electron chi connectivity index (χ1n) is 12.9. The van der Waals surface area contributed by atoms with Crippen LogP contribution in [0.2, 0.25) is 0 Å². The summed E-state index contributed by atoms with van der Waals surface area (Å²) >= 11 is 0. The van der Waals surface area contributed by atoms with E-state index in [-0.39, 0.29) is 17.3 Å². The van der Waals surface area contributed by atoms with E-state index in [1.807, 2.05) is 36.4 Å². The Morgan fingerprint density at radius 1 is 0.861 bits per heavy atom. The zero-order valence-electron chi connectivity index (χ0n) is 20.6. The van der Waals surface area contributed by atoms with Crippen LogP contribution in [0, 0.1) is 0 Å². The summed E-state index contributed by atoms with van der Waals surface area (Å²) < 4.78 is 5.94. The molecule has 5 heteroatoms. The molecule has 2 N–H and O–H groups in total. The van der Waals surface area contributed by atoms with Gasteiger partial charge in [0.25, 0.3) is 0 Å². The lowest BCUT2D eigenvalue weighted by Crippen LogP contribution is -2.31. The quantitative estimate of drug-likeness (QED) is 0.300. The van der Waals surface area contributed by atoms with Crippen LogP contribution >= 0.6 is 0 Å². The van der Waals surface area contributed by atoms with Gasteiger partial charge >= 0.3 is 0 Å². The van der Waals surface area contributed by atoms with Crippen LogP contribution in [0.15, 0.2) is 66.7 Å². The van der Waals surface area contributed by atoms with Crippen LogP contribution in [0.1, 0.15) is 59.2 Å². The summed E-state index contributed by atoms with van der Waals surface area (Å²) in [6, 6.07) is 19.6. The predicted octanol–water partition coefficient (Wildman–Crippen LogP) is 6.09. The largest absolute Gasteiger partial charge is 0.508 e. The number of carbonyl (C=O) groups is 1. The first kappa shape index (κ1) is 24.1. The van der Waals surface area contributed by atoms with Gasteiger partial charge in [0.2, 0.25) is 0 Å². The van der Waals surface area contributed by atoms with E-state index in [4.69, 9.17) is 4.74 Å². The molecule has 3 aromatic carbocycles. The summed E-state index contributed by atoms with van der Waals surface area (Å²) in [7, 11) is 0. The first-order chi connectivity index (χ1) is 17.6. The Labute approximate surface area is 212 Å². The van der Waals surface area contributed by atoms with Crippen LogP contribution in [-0.4, -0.2) is 47.1 Å². The highest BCUT2D eigenvalue weighted by molar-refractivity contribution is 6.35. The summed E-state index contributed by atoms with van der Waals surface area (Å²) in [5.74, 6) is 1.06. The smallest absolute Gasteiger partial charge is 0.193 e. The van der Waals surface area contributed by atoms with Crippen molar-refractivity contribution in [1.82, 2.24) is 4.90 Å². The lowest BCUT2D eigenvalue weighted by Gasteiger charge is -2.26. The summed E-state index contributed by atoms with van der Waals surface area (Å²) in [5, 5.41) is 20.0. The molecule has 0 radical (unpaired) electrons. The third-order valence-electron chi connectivity index (χ3n) is 7.18. The number of hydrogen-bond acceptors (Lipinski definition) is 5. The maximum atomic E-state index is 13.8. The minimum atomic E-state index is -0.0726. The van der Waals surface area contributed by atoms with E-state index in [0.29, 0.717) is 24.2 Å². The van der Waals surface area contributed by atoms with Gasteiger partial charge in [-0.05, 0) is 116 Å². The van der Waals surface area contributed by atoms with Gasteiger partial charge in [-0.25, -0.2) is 0 Å². The predicted molar refractivity (Wildman–Crippen MR) is 143 cm³/mol. The number of piperidine rings is 1. The van der Waals surface area contributed by atoms with Crippen molar-refractivity contribution >= 4 is 16.9 Å². The molecular formula is C31H33NO4. The Bertz CT molecular complexity index is 1260. The first-order valence-corrected chi connectivity index (χ1v) is 12.9. The number of aryl methyl sites for hydroxylation is 1. The standard InChI is InChI=1S/C31H33NO4/c33-25-7-4-6-23(20-25)28-14-10-24-21-26(34)11-15-29(24)30(28)31(35)22-8-12-27(13-9-22)36-19-5-18-32-16-2-1-3-17-32/h4,6-9,11-13,15,20-21,33-34H,1-3,5,10,14,16-19H2. The average molecular weight is 484 g/mol. The summed E-state index contributed by atoms with van der Waals surface area (Å²) in [4.78, 5) is 16.3. The number of allylic oxidation sites excluding steroid dienone is 2. The molecule has 0 aromatic heterocycles. The highest BCUT2D eigenvalue weighted by Crippen LogP contribution is 2.40. The van der Waals surface area contributed by atoms with Gasteiger partial charge in [-0.2, -0.15) is 0 Å². The third kappa shape index (κ3) is 5.47. The van der Waals surface area contributed by atoms with Crippen molar-refractivity contribution in [3.05, 3.63) is 89.0 Å². The molecule has 1 saturated heterocycles. The number of likely N-dealkylation sites (tertiary alicyclic amines) is 1. The Morgan fingerprint density at radius 3 is 2.42 bits per heavy atom. The van der Waals surface area contributed by atoms with Gasteiger partial charge in [0.05, 0.1) is 6.61 Å². The molecule has 0 unspecified atom stereocenters. The van der Waals surface area contributed by atoms with Gasteiger partial charge in [-0.1, -0.05) is 24.6 Å². The minimum absolute atomic E-state index is 0.0726. The fourth-order valence-electron chi connectivity index (χ4n) is 5.33. The molecule has 1 fully saturated rings. The minimum Gasteiger partial charge on any atom is -0.508 e. The highest BCUT2D eigenvalue weighted by Gasteiger charge is 2.26. The van der Waals surface area contributed by atoms with Crippen LogP contribution < -0.4 is 4.74 Å². The molecule has 5 rings (SSSR count). The second-order valence-corrected chi connectivity index (χ2v) is 9.70. The van der Waals surface area contributed by atoms with Gasteiger partial charge < -0.3 is 19.8 Å². The van der Waals surface area contributed by atoms with Gasteiger partial charge in [0, 0.05) is 17.7 Å². The molecule has 1 heterocycles. The molecule has 0 atom stereocenters. The summed E-state index contributed by atoms with van der Waals surface area (Å²) in [6.07, 6.45) is 6.30. The Kier molecular flexibility index (Phi) is 7.38. The molecule has 1 aliphatic carbocycles. The van der Waals surface area contributed by atoms with E-state index < -0.39 is 0 Å². The molecule has 5 nitrogen and oxygen atoms in total. The van der Waals surface area contributed by atoms with E-state index in [2.05, 4.69) is 4.90 Å². The lowest BCUT2D eigenvalue weighted by atomic mass is 9.79. The van der Waals surface area contributed by atoms with E-state index in [1.165, 1.54) is 32.4 Å². The third-order valence-corrected chi connectivity index (χ3v) is 7.18. The van der Waals surface area contributed by atoms with E-state index >= 15 is 0 Å². The molecule has 3 aromatic rings. The highest BCUT2D eigenvalue weighted by atomic mass is 16.5. The normalized spacial score (nSPS) is 16.0.